The van der Waals surface area contributed by atoms with Gasteiger partial charge < -0.3 is 10.4 Å². The molecule has 0 bridgehead atoms. The predicted octanol–water partition coefficient (Wildman–Crippen LogP) is 3.27. The Morgan fingerprint density at radius 3 is 2.70 bits per heavy atom. The van der Waals surface area contributed by atoms with Crippen molar-refractivity contribution >= 4 is 40.3 Å². The summed E-state index contributed by atoms with van der Waals surface area (Å²) < 4.78 is 4.12. The molecule has 0 aliphatic carbocycles. The van der Waals surface area contributed by atoms with Gasteiger partial charge in [0.15, 0.2) is 0 Å². The quantitative estimate of drug-likeness (QED) is 0.505. The zero-order valence-electron chi connectivity index (χ0n) is 11.6. The highest BCUT2D eigenvalue weighted by Crippen LogP contribution is 2.32. The highest BCUT2D eigenvalue weighted by atomic mass is 32.2. The average molecular weight is 317 g/mol. The van der Waals surface area contributed by atoms with Crippen molar-refractivity contribution in [1.29, 1.82) is 0 Å². The number of nitrogens with one attached hydrogen (secondary N) is 2. The highest BCUT2D eigenvalue weighted by Gasteiger charge is 2.21. The van der Waals surface area contributed by atoms with E-state index in [1.165, 1.54) is 31.7 Å². The number of hydrogen-bond donors (Lipinski definition) is 3. The number of thioether (sulfide) groups is 1. The molecule has 0 fully saturated rings. The fourth-order valence-electron chi connectivity index (χ4n) is 1.51. The molecule has 1 aromatic rings. The Kier molecular flexibility index (Phi) is 7.38. The molecule has 20 heavy (non-hydrogen) atoms. The van der Waals surface area contributed by atoms with Crippen LogP contribution in [0, 0.1) is 0 Å². The SMILES string of the molecule is CCCCCCSc1nsc(NC(=O)NC)c1C(=O)O. The van der Waals surface area contributed by atoms with Crippen LogP contribution in [0.4, 0.5) is 9.80 Å². The second kappa shape index (κ2) is 8.80. The van der Waals surface area contributed by atoms with Crippen molar-refractivity contribution in [2.24, 2.45) is 0 Å². The van der Waals surface area contributed by atoms with Gasteiger partial charge in [-0.3, -0.25) is 5.32 Å². The Hall–Kier alpha value is -1.28. The zero-order valence-corrected chi connectivity index (χ0v) is 13.2. The molecule has 0 aromatic carbocycles. The molecule has 0 unspecified atom stereocenters. The van der Waals surface area contributed by atoms with E-state index in [9.17, 15) is 14.7 Å². The second-order valence-electron chi connectivity index (χ2n) is 4.11. The first-order chi connectivity index (χ1) is 9.60. The van der Waals surface area contributed by atoms with Crippen LogP contribution >= 0.6 is 23.3 Å². The summed E-state index contributed by atoms with van der Waals surface area (Å²) in [5, 5.41) is 14.9. The molecule has 1 aromatic heterocycles. The topological polar surface area (TPSA) is 91.3 Å². The summed E-state index contributed by atoms with van der Waals surface area (Å²) in [4.78, 5) is 22.5. The summed E-state index contributed by atoms with van der Waals surface area (Å²) in [6.45, 7) is 2.15. The first kappa shape index (κ1) is 16.8. The van der Waals surface area contributed by atoms with Gasteiger partial charge in [-0.2, -0.15) is 4.37 Å². The lowest BCUT2D eigenvalue weighted by molar-refractivity contribution is 0.0694. The number of anilines is 1. The lowest BCUT2D eigenvalue weighted by Crippen LogP contribution is -2.24. The van der Waals surface area contributed by atoms with Gasteiger partial charge in [-0.1, -0.05) is 26.2 Å². The lowest BCUT2D eigenvalue weighted by atomic mass is 10.2. The summed E-state index contributed by atoms with van der Waals surface area (Å²) in [6, 6.07) is -0.448. The molecule has 0 atom stereocenters. The van der Waals surface area contributed by atoms with Crippen molar-refractivity contribution in [3.8, 4) is 0 Å². The molecule has 1 rings (SSSR count). The first-order valence-electron chi connectivity index (χ1n) is 6.44. The number of carboxylic acid groups (broad SMARTS) is 1. The third-order valence-electron chi connectivity index (χ3n) is 2.57. The number of aromatic carboxylic acids is 1. The maximum atomic E-state index is 11.3. The van der Waals surface area contributed by atoms with E-state index >= 15 is 0 Å². The van der Waals surface area contributed by atoms with Crippen LogP contribution in [0.3, 0.4) is 0 Å². The van der Waals surface area contributed by atoms with E-state index in [1.54, 1.807) is 0 Å². The molecule has 2 amide bonds. The summed E-state index contributed by atoms with van der Waals surface area (Å²) in [5.41, 5.74) is 0.0825. The molecule has 6 nitrogen and oxygen atoms in total. The number of urea groups is 1. The minimum absolute atomic E-state index is 0.0825. The molecule has 112 valence electrons. The van der Waals surface area contributed by atoms with Crippen LogP contribution in [0.5, 0.6) is 0 Å². The standard InChI is InChI=1S/C12H19N3O3S2/c1-3-4-5-6-7-19-10-8(11(16)17)9(20-15-10)14-12(18)13-2/h3-7H2,1-2H3,(H,16,17)(H2,13,14,18). The maximum Gasteiger partial charge on any atom is 0.341 e. The van der Waals surface area contributed by atoms with Crippen molar-refractivity contribution in [3.63, 3.8) is 0 Å². The van der Waals surface area contributed by atoms with E-state index in [1.807, 2.05) is 0 Å². The van der Waals surface area contributed by atoms with Gasteiger partial charge in [0.2, 0.25) is 0 Å². The normalized spacial score (nSPS) is 10.3. The number of carboxylic acids is 1. The highest BCUT2D eigenvalue weighted by molar-refractivity contribution is 7.99. The fraction of sp³-hybridized carbons (Fsp3) is 0.583. The molecular weight excluding hydrogens is 298 g/mol. The van der Waals surface area contributed by atoms with Crippen molar-refractivity contribution in [2.45, 2.75) is 37.6 Å². The monoisotopic (exact) mass is 317 g/mol. The molecule has 8 heteroatoms. The third-order valence-corrected chi connectivity index (χ3v) is 4.51. The largest absolute Gasteiger partial charge is 0.477 e. The molecule has 0 radical (unpaired) electrons. The first-order valence-corrected chi connectivity index (χ1v) is 8.20. The summed E-state index contributed by atoms with van der Waals surface area (Å²) in [7, 11) is 1.47. The van der Waals surface area contributed by atoms with Crippen LogP contribution in [0.15, 0.2) is 5.03 Å². The van der Waals surface area contributed by atoms with Gasteiger partial charge in [-0.15, -0.1) is 11.8 Å². The maximum absolute atomic E-state index is 11.3. The van der Waals surface area contributed by atoms with Gasteiger partial charge in [0.05, 0.1) is 0 Å². The van der Waals surface area contributed by atoms with Crippen molar-refractivity contribution in [3.05, 3.63) is 5.56 Å². The lowest BCUT2D eigenvalue weighted by Gasteiger charge is -2.03. The molecule has 0 aliphatic rings. The van der Waals surface area contributed by atoms with Gasteiger partial charge in [0.1, 0.15) is 15.6 Å². The van der Waals surface area contributed by atoms with E-state index in [0.717, 1.165) is 30.1 Å². The Morgan fingerprint density at radius 1 is 1.35 bits per heavy atom. The van der Waals surface area contributed by atoms with Crippen LogP contribution < -0.4 is 10.6 Å². The van der Waals surface area contributed by atoms with Crippen molar-refractivity contribution < 1.29 is 14.7 Å². The Morgan fingerprint density at radius 2 is 2.10 bits per heavy atom. The van der Waals surface area contributed by atoms with Crippen LogP contribution in [-0.2, 0) is 0 Å². The summed E-state index contributed by atoms with van der Waals surface area (Å²) in [5.74, 6) is -0.232. The van der Waals surface area contributed by atoms with Crippen LogP contribution in [0.2, 0.25) is 0 Å². The minimum Gasteiger partial charge on any atom is -0.477 e. The number of aromatic nitrogens is 1. The minimum atomic E-state index is -1.07. The number of amides is 2. The molecule has 0 spiro atoms. The zero-order chi connectivity index (χ0) is 15.0. The van der Waals surface area contributed by atoms with E-state index in [-0.39, 0.29) is 10.6 Å². The van der Waals surface area contributed by atoms with E-state index < -0.39 is 12.0 Å². The molecule has 0 aliphatic heterocycles. The Balaban J connectivity index is 2.66. The van der Waals surface area contributed by atoms with Gasteiger partial charge in [0.25, 0.3) is 0 Å². The predicted molar refractivity (Wildman–Crippen MR) is 82.0 cm³/mol. The molecule has 0 saturated heterocycles. The summed E-state index contributed by atoms with van der Waals surface area (Å²) in [6.07, 6.45) is 4.53. The van der Waals surface area contributed by atoms with Crippen LogP contribution in [0.1, 0.15) is 43.0 Å². The number of nitrogens with zero attached hydrogens (tertiary/aromatic N) is 1. The Labute approximate surface area is 126 Å². The third kappa shape index (κ3) is 5.01. The van der Waals surface area contributed by atoms with E-state index in [4.69, 9.17) is 0 Å². The molecule has 0 saturated carbocycles. The van der Waals surface area contributed by atoms with Crippen LogP contribution in [0.25, 0.3) is 0 Å². The average Bonchev–Trinajstić information content (AvgIpc) is 2.81. The van der Waals surface area contributed by atoms with E-state index in [0.29, 0.717) is 5.03 Å². The van der Waals surface area contributed by atoms with Crippen LogP contribution in [-0.4, -0.2) is 34.3 Å². The number of carbonyl (C=O) groups is 2. The smallest absolute Gasteiger partial charge is 0.341 e. The molecule has 1 heterocycles. The van der Waals surface area contributed by atoms with Gasteiger partial charge in [-0.25, -0.2) is 9.59 Å². The Bertz CT molecular complexity index is 463. The number of carbonyl (C=O) groups excluding carboxylic acids is 1. The summed E-state index contributed by atoms with van der Waals surface area (Å²) >= 11 is 2.42. The number of rotatable bonds is 8. The van der Waals surface area contributed by atoms with Gasteiger partial charge in [-0.05, 0) is 23.7 Å². The van der Waals surface area contributed by atoms with E-state index in [2.05, 4.69) is 21.9 Å². The molecule has 3 N–H and O–H groups in total. The molecular formula is C12H19N3O3S2. The van der Waals surface area contributed by atoms with Crippen molar-refractivity contribution in [2.75, 3.05) is 18.1 Å². The van der Waals surface area contributed by atoms with Gasteiger partial charge >= 0.3 is 12.0 Å². The fourth-order valence-corrected chi connectivity index (χ4v) is 3.45. The van der Waals surface area contributed by atoms with Crippen molar-refractivity contribution in [1.82, 2.24) is 9.69 Å². The van der Waals surface area contributed by atoms with Gasteiger partial charge in [0, 0.05) is 7.05 Å². The number of hydrogen-bond acceptors (Lipinski definition) is 5. The number of unbranched alkanes of at least 4 members (excludes halogenated alkanes) is 3. The second-order valence-corrected chi connectivity index (χ2v) is 5.97.